The molecule has 0 radical (unpaired) electrons. The summed E-state index contributed by atoms with van der Waals surface area (Å²) in [6, 6.07) is 18.4. The molecule has 0 aliphatic heterocycles. The minimum atomic E-state index is -0.348. The number of hydrogen-bond donors (Lipinski definition) is 1. The predicted molar refractivity (Wildman–Crippen MR) is 94.9 cm³/mol. The number of hydrogen-bond acceptors (Lipinski definition) is 5. The molecule has 3 aromatic rings. The molecule has 0 fully saturated rings. The van der Waals surface area contributed by atoms with Crippen LogP contribution in [0.5, 0.6) is 0 Å². The van der Waals surface area contributed by atoms with Crippen LogP contribution in [-0.2, 0) is 4.74 Å². The fourth-order valence-corrected chi connectivity index (χ4v) is 2.37. The summed E-state index contributed by atoms with van der Waals surface area (Å²) >= 11 is 0. The number of nitrogen functional groups attached to an aromatic ring is 1. The van der Waals surface area contributed by atoms with E-state index in [-0.39, 0.29) is 5.97 Å². The van der Waals surface area contributed by atoms with E-state index in [9.17, 15) is 4.79 Å². The Morgan fingerprint density at radius 3 is 2.50 bits per heavy atom. The number of azo groups is 1. The molecule has 0 saturated carbocycles. The molecule has 24 heavy (non-hydrogen) atoms. The number of fused-ring (bicyclic) bond motifs is 1. The van der Waals surface area contributed by atoms with Crippen molar-refractivity contribution >= 4 is 33.8 Å². The van der Waals surface area contributed by atoms with E-state index >= 15 is 0 Å². The maximum Gasteiger partial charge on any atom is 0.338 e. The molecule has 0 unspecified atom stereocenters. The van der Waals surface area contributed by atoms with Gasteiger partial charge in [0.15, 0.2) is 0 Å². The van der Waals surface area contributed by atoms with E-state index in [2.05, 4.69) is 10.2 Å². The highest BCUT2D eigenvalue weighted by molar-refractivity contribution is 5.97. The van der Waals surface area contributed by atoms with Gasteiger partial charge in [-0.3, -0.25) is 0 Å². The normalized spacial score (nSPS) is 11.0. The Kier molecular flexibility index (Phi) is 4.52. The van der Waals surface area contributed by atoms with Gasteiger partial charge in [0, 0.05) is 5.39 Å². The van der Waals surface area contributed by atoms with Crippen LogP contribution in [0.4, 0.5) is 17.1 Å². The summed E-state index contributed by atoms with van der Waals surface area (Å²) in [4.78, 5) is 11.6. The second-order valence-corrected chi connectivity index (χ2v) is 5.19. The molecule has 3 aromatic carbocycles. The zero-order chi connectivity index (χ0) is 16.9. The lowest BCUT2D eigenvalue weighted by molar-refractivity contribution is 0.0526. The smallest absolute Gasteiger partial charge is 0.338 e. The topological polar surface area (TPSA) is 77.0 Å². The molecule has 0 aliphatic rings. The molecule has 0 saturated heterocycles. The Labute approximate surface area is 139 Å². The van der Waals surface area contributed by atoms with Crippen molar-refractivity contribution in [3.63, 3.8) is 0 Å². The molecule has 5 nitrogen and oxygen atoms in total. The van der Waals surface area contributed by atoms with E-state index < -0.39 is 0 Å². The zero-order valence-electron chi connectivity index (χ0n) is 13.3. The van der Waals surface area contributed by atoms with E-state index in [0.29, 0.717) is 29.2 Å². The molecule has 0 amide bonds. The first-order valence-corrected chi connectivity index (χ1v) is 7.65. The largest absolute Gasteiger partial charge is 0.462 e. The van der Waals surface area contributed by atoms with Gasteiger partial charge in [0.05, 0.1) is 23.5 Å². The van der Waals surface area contributed by atoms with E-state index in [0.717, 1.165) is 10.8 Å². The van der Waals surface area contributed by atoms with Crippen LogP contribution in [0.15, 0.2) is 70.9 Å². The van der Waals surface area contributed by atoms with Crippen LogP contribution in [0.1, 0.15) is 17.3 Å². The lowest BCUT2D eigenvalue weighted by atomic mass is 10.1. The molecule has 0 aliphatic carbocycles. The summed E-state index contributed by atoms with van der Waals surface area (Å²) in [6.45, 7) is 2.12. The van der Waals surface area contributed by atoms with Crippen molar-refractivity contribution < 1.29 is 9.53 Å². The third kappa shape index (κ3) is 3.25. The molecule has 0 bridgehead atoms. The summed E-state index contributed by atoms with van der Waals surface area (Å²) in [6.07, 6.45) is 0. The van der Waals surface area contributed by atoms with E-state index in [1.807, 2.05) is 36.4 Å². The average Bonchev–Trinajstić information content (AvgIpc) is 2.61. The maximum atomic E-state index is 11.6. The molecule has 3 rings (SSSR count). The quantitative estimate of drug-likeness (QED) is 0.417. The standard InChI is InChI=1S/C19H17N3O2/c1-2-24-19(23)14-7-10-15(11-8-14)21-22-18-16-6-4-3-5-13(16)9-12-17(18)20/h3-12H,2,20H2,1H3. The molecule has 0 atom stereocenters. The van der Waals surface area contributed by atoms with Crippen molar-refractivity contribution in [3.8, 4) is 0 Å². The van der Waals surface area contributed by atoms with Crippen LogP contribution in [0.25, 0.3) is 10.8 Å². The van der Waals surface area contributed by atoms with E-state index in [1.165, 1.54) is 0 Å². The zero-order valence-corrected chi connectivity index (χ0v) is 13.3. The number of ether oxygens (including phenoxy) is 1. The highest BCUT2D eigenvalue weighted by Gasteiger charge is 2.06. The van der Waals surface area contributed by atoms with Gasteiger partial charge in [-0.05, 0) is 42.6 Å². The highest BCUT2D eigenvalue weighted by atomic mass is 16.5. The first-order valence-electron chi connectivity index (χ1n) is 7.65. The summed E-state index contributed by atoms with van der Waals surface area (Å²) in [5, 5.41) is 10.5. The fraction of sp³-hybridized carbons (Fsp3) is 0.105. The van der Waals surface area contributed by atoms with Gasteiger partial charge < -0.3 is 10.5 Å². The SMILES string of the molecule is CCOC(=O)c1ccc(N=Nc2c(N)ccc3ccccc23)cc1. The van der Waals surface area contributed by atoms with Gasteiger partial charge in [0.25, 0.3) is 0 Å². The summed E-state index contributed by atoms with van der Waals surface area (Å²) in [5.41, 5.74) is 8.37. The minimum Gasteiger partial charge on any atom is -0.462 e. The number of esters is 1. The van der Waals surface area contributed by atoms with Gasteiger partial charge in [-0.25, -0.2) is 4.79 Å². The van der Waals surface area contributed by atoms with Crippen molar-refractivity contribution in [2.75, 3.05) is 12.3 Å². The van der Waals surface area contributed by atoms with Crippen molar-refractivity contribution in [3.05, 3.63) is 66.2 Å². The first kappa shape index (κ1) is 15.7. The minimum absolute atomic E-state index is 0.348. The summed E-state index contributed by atoms with van der Waals surface area (Å²) in [5.74, 6) is -0.348. The second-order valence-electron chi connectivity index (χ2n) is 5.19. The third-order valence-corrected chi connectivity index (χ3v) is 3.58. The molecule has 0 heterocycles. The monoisotopic (exact) mass is 319 g/mol. The van der Waals surface area contributed by atoms with Crippen LogP contribution in [0.2, 0.25) is 0 Å². The molecule has 2 N–H and O–H groups in total. The molecular weight excluding hydrogens is 302 g/mol. The van der Waals surface area contributed by atoms with Gasteiger partial charge in [0.1, 0.15) is 5.69 Å². The van der Waals surface area contributed by atoms with Gasteiger partial charge in [-0.15, -0.1) is 5.11 Å². The Hall–Kier alpha value is -3.21. The maximum absolute atomic E-state index is 11.6. The molecule has 120 valence electrons. The first-order chi connectivity index (χ1) is 11.7. The molecule has 0 aromatic heterocycles. The van der Waals surface area contributed by atoms with Gasteiger partial charge in [-0.1, -0.05) is 30.3 Å². The van der Waals surface area contributed by atoms with Crippen LogP contribution in [-0.4, -0.2) is 12.6 Å². The van der Waals surface area contributed by atoms with Gasteiger partial charge in [-0.2, -0.15) is 5.11 Å². The number of nitrogens with zero attached hydrogens (tertiary/aromatic N) is 2. The average molecular weight is 319 g/mol. The Balaban J connectivity index is 1.89. The van der Waals surface area contributed by atoms with Crippen molar-refractivity contribution in [2.45, 2.75) is 6.92 Å². The molecular formula is C19H17N3O2. The lowest BCUT2D eigenvalue weighted by Gasteiger charge is -2.04. The Morgan fingerprint density at radius 1 is 1.00 bits per heavy atom. The van der Waals surface area contributed by atoms with Crippen molar-refractivity contribution in [1.29, 1.82) is 0 Å². The van der Waals surface area contributed by atoms with Crippen molar-refractivity contribution in [1.82, 2.24) is 0 Å². The number of nitrogens with two attached hydrogens (primary N) is 1. The van der Waals surface area contributed by atoms with Crippen molar-refractivity contribution in [2.24, 2.45) is 10.2 Å². The number of carbonyl (C=O) groups excluding carboxylic acids is 1. The number of rotatable bonds is 4. The Morgan fingerprint density at radius 2 is 1.75 bits per heavy atom. The lowest BCUT2D eigenvalue weighted by Crippen LogP contribution is -2.03. The second kappa shape index (κ2) is 6.91. The number of anilines is 1. The van der Waals surface area contributed by atoms with E-state index in [1.54, 1.807) is 31.2 Å². The predicted octanol–water partition coefficient (Wildman–Crippen LogP) is 5.01. The van der Waals surface area contributed by atoms with Gasteiger partial charge >= 0.3 is 5.97 Å². The fourth-order valence-electron chi connectivity index (χ4n) is 2.37. The summed E-state index contributed by atoms with van der Waals surface area (Å²) in [7, 11) is 0. The molecule has 5 heteroatoms. The van der Waals surface area contributed by atoms with Crippen LogP contribution in [0, 0.1) is 0 Å². The summed E-state index contributed by atoms with van der Waals surface area (Å²) < 4.78 is 4.95. The Bertz CT molecular complexity index is 902. The van der Waals surface area contributed by atoms with Crippen LogP contribution >= 0.6 is 0 Å². The third-order valence-electron chi connectivity index (χ3n) is 3.58. The molecule has 0 spiro atoms. The van der Waals surface area contributed by atoms with E-state index in [4.69, 9.17) is 10.5 Å². The highest BCUT2D eigenvalue weighted by Crippen LogP contribution is 2.33. The number of benzene rings is 3. The van der Waals surface area contributed by atoms with Crippen LogP contribution < -0.4 is 5.73 Å². The van der Waals surface area contributed by atoms with Crippen LogP contribution in [0.3, 0.4) is 0 Å². The van der Waals surface area contributed by atoms with Gasteiger partial charge in [0.2, 0.25) is 0 Å². The number of carbonyl (C=O) groups is 1.